The van der Waals surface area contributed by atoms with Gasteiger partial charge in [-0.1, -0.05) is 0 Å². The molecule has 47 heavy (non-hydrogen) atoms. The van der Waals surface area contributed by atoms with Gasteiger partial charge >= 0.3 is 12.1 Å². The summed E-state index contributed by atoms with van der Waals surface area (Å²) in [6.45, 7) is 2.09. The van der Waals surface area contributed by atoms with Crippen molar-refractivity contribution in [3.8, 4) is 17.0 Å². The van der Waals surface area contributed by atoms with Gasteiger partial charge in [0.15, 0.2) is 0 Å². The van der Waals surface area contributed by atoms with Crippen LogP contribution in [0.2, 0.25) is 0 Å². The number of nitrogens with zero attached hydrogens (tertiary/aromatic N) is 4. The van der Waals surface area contributed by atoms with Crippen molar-refractivity contribution >= 4 is 29.0 Å². The van der Waals surface area contributed by atoms with Gasteiger partial charge in [-0.05, 0) is 97.4 Å². The zero-order valence-electron chi connectivity index (χ0n) is 25.4. The van der Waals surface area contributed by atoms with E-state index in [4.69, 9.17) is 15.5 Å². The van der Waals surface area contributed by atoms with Crippen molar-refractivity contribution in [1.82, 2.24) is 19.4 Å². The number of aromatic nitrogens is 4. The van der Waals surface area contributed by atoms with Gasteiger partial charge in [-0.3, -0.25) is 14.0 Å². The molecule has 6 bridgehead atoms. The van der Waals surface area contributed by atoms with Crippen LogP contribution in [0.4, 0.5) is 24.8 Å². The summed E-state index contributed by atoms with van der Waals surface area (Å²) < 4.78 is 47.5. The van der Waals surface area contributed by atoms with E-state index in [0.717, 1.165) is 37.0 Å². The van der Waals surface area contributed by atoms with Crippen molar-refractivity contribution in [1.29, 1.82) is 0 Å². The van der Waals surface area contributed by atoms with Gasteiger partial charge in [0.1, 0.15) is 34.4 Å². The molecule has 0 aliphatic heterocycles. The number of hydrogen-bond donors (Lipinski definition) is 3. The quantitative estimate of drug-likeness (QED) is 0.206. The molecule has 4 aromatic rings. The molecule has 0 radical (unpaired) electrons. The van der Waals surface area contributed by atoms with Gasteiger partial charge < -0.3 is 20.9 Å². The fourth-order valence-corrected chi connectivity index (χ4v) is 9.39. The molecule has 0 saturated heterocycles. The number of nitrogens with one attached hydrogen (secondary N) is 1. The minimum absolute atomic E-state index is 0.166. The number of anilines is 2. The number of carbonyl (C=O) groups excluding carboxylic acids is 1. The zero-order valence-corrected chi connectivity index (χ0v) is 25.4. The number of ether oxygens (including phenoxy) is 1. The number of carboxylic acid groups (broad SMARTS) is 1. The first-order valence-corrected chi connectivity index (χ1v) is 16.0. The van der Waals surface area contributed by atoms with E-state index in [2.05, 4.69) is 15.3 Å². The number of imidazole rings is 1. The van der Waals surface area contributed by atoms with E-state index >= 15 is 0 Å². The molecular formula is C34H33F3N6O4. The van der Waals surface area contributed by atoms with Crippen LogP contribution in [-0.4, -0.2) is 42.9 Å². The van der Waals surface area contributed by atoms with Gasteiger partial charge in [0, 0.05) is 42.6 Å². The molecule has 4 N–H and O–H groups in total. The molecule has 10 nitrogen and oxygen atoms in total. The molecule has 3 heterocycles. The van der Waals surface area contributed by atoms with Gasteiger partial charge in [0.05, 0.1) is 12.2 Å². The predicted octanol–water partition coefficient (Wildman–Crippen LogP) is 5.82. The molecule has 7 saturated carbocycles. The van der Waals surface area contributed by atoms with Crippen LogP contribution >= 0.6 is 0 Å². The number of benzene rings is 1. The minimum atomic E-state index is -4.57. The Bertz CT molecular complexity index is 1930. The topological polar surface area (TPSA) is 145 Å². The molecule has 8 unspecified atom stereocenters. The van der Waals surface area contributed by atoms with Crippen molar-refractivity contribution in [2.75, 3.05) is 17.7 Å². The lowest BCUT2D eigenvalue weighted by molar-refractivity contribution is -0.141. The highest BCUT2D eigenvalue weighted by Crippen LogP contribution is 2.77. The molecule has 0 spiro atoms. The third-order valence-electron chi connectivity index (χ3n) is 11.2. The fourth-order valence-electron chi connectivity index (χ4n) is 9.39. The van der Waals surface area contributed by atoms with E-state index in [1.54, 1.807) is 18.3 Å². The second-order valence-corrected chi connectivity index (χ2v) is 13.3. The fraction of sp³-hybridized carbons (Fsp3) is 0.441. The highest BCUT2D eigenvalue weighted by Gasteiger charge is 2.73. The second kappa shape index (κ2) is 10.7. The normalized spacial score (nSPS) is 28.4. The van der Waals surface area contributed by atoms with Gasteiger partial charge in [-0.25, -0.2) is 15.0 Å². The number of nitrogen functional groups attached to an aromatic ring is 1. The lowest BCUT2D eigenvalue weighted by atomic mass is 9.59. The summed E-state index contributed by atoms with van der Waals surface area (Å²) >= 11 is 0. The third-order valence-corrected chi connectivity index (χ3v) is 11.2. The highest BCUT2D eigenvalue weighted by atomic mass is 19.4. The van der Waals surface area contributed by atoms with E-state index in [1.165, 1.54) is 12.5 Å². The summed E-state index contributed by atoms with van der Waals surface area (Å²) in [6, 6.07) is 6.40. The van der Waals surface area contributed by atoms with Crippen molar-refractivity contribution in [3.63, 3.8) is 0 Å². The van der Waals surface area contributed by atoms with Crippen LogP contribution in [0.1, 0.15) is 47.9 Å². The van der Waals surface area contributed by atoms with Crippen molar-refractivity contribution in [2.24, 2.45) is 47.3 Å². The minimum Gasteiger partial charge on any atom is -0.493 e. The Balaban J connectivity index is 1.11. The predicted molar refractivity (Wildman–Crippen MR) is 164 cm³/mol. The van der Waals surface area contributed by atoms with Gasteiger partial charge in [-0.15, -0.1) is 0 Å². The number of rotatable bonds is 9. The lowest BCUT2D eigenvalue weighted by Crippen LogP contribution is -2.41. The second-order valence-electron chi connectivity index (χ2n) is 13.3. The molecular weight excluding hydrogens is 613 g/mol. The molecule has 7 aliphatic rings. The molecule has 8 atom stereocenters. The lowest BCUT2D eigenvalue weighted by Gasteiger charge is -2.45. The SMILES string of the molecule is CCOc1cc(C(=O)Nc2cc(C(F)(F)F)ccn2)ccc1-c1nc(CC2C3CC4C2C4C2CC3C2CC(=O)O)n2ccnc(N)c12. The Kier molecular flexibility index (Phi) is 6.75. The Labute approximate surface area is 267 Å². The monoisotopic (exact) mass is 646 g/mol. The summed E-state index contributed by atoms with van der Waals surface area (Å²) in [6.07, 6.45) is 3.22. The summed E-state index contributed by atoms with van der Waals surface area (Å²) in [4.78, 5) is 38.1. The molecule has 11 rings (SSSR count). The van der Waals surface area contributed by atoms with Crippen molar-refractivity contribution in [3.05, 3.63) is 65.9 Å². The highest BCUT2D eigenvalue weighted by molar-refractivity contribution is 6.04. The number of hydrogen-bond acceptors (Lipinski definition) is 7. The number of carboxylic acids is 1. The van der Waals surface area contributed by atoms with Gasteiger partial charge in [0.2, 0.25) is 0 Å². The first-order valence-electron chi connectivity index (χ1n) is 16.0. The van der Waals surface area contributed by atoms with Crippen LogP contribution in [0.3, 0.4) is 0 Å². The first-order chi connectivity index (χ1) is 22.5. The Morgan fingerprint density at radius 2 is 1.83 bits per heavy atom. The van der Waals surface area contributed by atoms with E-state index in [-0.39, 0.29) is 30.3 Å². The number of pyridine rings is 1. The molecule has 244 valence electrons. The largest absolute Gasteiger partial charge is 0.493 e. The average Bonchev–Trinajstić information content (AvgIpc) is 3.57. The maximum atomic E-state index is 13.2. The number of carbonyl (C=O) groups is 2. The average molecular weight is 647 g/mol. The number of amides is 1. The summed E-state index contributed by atoms with van der Waals surface area (Å²) in [5.41, 5.74) is 7.47. The number of alkyl halides is 3. The van der Waals surface area contributed by atoms with Gasteiger partial charge in [0.25, 0.3) is 5.91 Å². The van der Waals surface area contributed by atoms with Crippen LogP contribution in [-0.2, 0) is 17.4 Å². The van der Waals surface area contributed by atoms with Crippen LogP contribution in [0.5, 0.6) is 5.75 Å². The molecule has 1 aromatic carbocycles. The van der Waals surface area contributed by atoms with Crippen LogP contribution < -0.4 is 15.8 Å². The summed E-state index contributed by atoms with van der Waals surface area (Å²) in [5, 5.41) is 12.0. The number of halogens is 3. The number of aliphatic carboxylic acids is 1. The maximum Gasteiger partial charge on any atom is 0.416 e. The first kappa shape index (κ1) is 29.7. The van der Waals surface area contributed by atoms with Crippen molar-refractivity contribution in [2.45, 2.75) is 38.8 Å². The summed E-state index contributed by atoms with van der Waals surface area (Å²) in [7, 11) is 0. The number of fused-ring (bicyclic) bond motifs is 1. The smallest absolute Gasteiger partial charge is 0.416 e. The molecule has 3 aromatic heterocycles. The third kappa shape index (κ3) is 4.80. The molecule has 13 heteroatoms. The Morgan fingerprint density at radius 1 is 1.04 bits per heavy atom. The Hall–Kier alpha value is -4.68. The molecule has 7 fully saturated rings. The maximum absolute atomic E-state index is 13.2. The van der Waals surface area contributed by atoms with Crippen LogP contribution in [0.25, 0.3) is 16.8 Å². The molecule has 7 aliphatic carbocycles. The molecule has 1 amide bonds. The van der Waals surface area contributed by atoms with E-state index in [9.17, 15) is 27.9 Å². The van der Waals surface area contributed by atoms with Gasteiger partial charge in [-0.2, -0.15) is 13.2 Å². The summed E-state index contributed by atoms with van der Waals surface area (Å²) in [5.74, 6) is 4.01. The van der Waals surface area contributed by atoms with E-state index in [1.807, 2.05) is 17.5 Å². The van der Waals surface area contributed by atoms with Crippen LogP contribution in [0, 0.1) is 47.3 Å². The Morgan fingerprint density at radius 3 is 2.60 bits per heavy atom. The zero-order chi connectivity index (χ0) is 32.8. The van der Waals surface area contributed by atoms with Crippen LogP contribution in [0.15, 0.2) is 48.9 Å². The van der Waals surface area contributed by atoms with E-state index < -0.39 is 23.6 Å². The number of nitrogens with two attached hydrogens (primary N) is 1. The van der Waals surface area contributed by atoms with E-state index in [0.29, 0.717) is 69.8 Å². The van der Waals surface area contributed by atoms with Crippen molar-refractivity contribution < 1.29 is 32.6 Å². The standard InChI is InChI=1S/C34H33F3N6O4/c1-2-47-24-9-15(33(46)41-25-10-16(5-6-39-25)34(35,36)37)3-4-17(24)30-31-32(38)40-7-8-43(31)26(42-30)13-22-19-12-23-28(29(22)23)21-11-18(19)20(21)14-27(44)45/h3-10,18-23,28-29H,2,11-14H2,1H3,(H2,38,40)(H,44,45)(H,39,41,46).